The smallest absolute Gasteiger partial charge is 0.165 e. The number of hydrogen-bond donors (Lipinski definition) is 4. The number of nitrogens with two attached hydrogens (primary N) is 2. The standard InChI is InChI=1S/C23H21BrN6O3/c24-15-7-12-2-1-11(8-16(12)29-20(15)26)13-3-5-23(9-13)18(32)17(31)22(33-23)30-6-4-14-19(25)27-10-28-21(14)30/h1-8,10,13,17-18,22,31-32H,9H2,(H2,26,29)(H2,25,27,28). The number of rotatable bonds is 2. The summed E-state index contributed by atoms with van der Waals surface area (Å²) in [5.74, 6) is 0.767. The lowest BCUT2D eigenvalue weighted by Gasteiger charge is -2.27. The molecule has 4 heterocycles. The van der Waals surface area contributed by atoms with Crippen molar-refractivity contribution in [3.05, 3.63) is 65.0 Å². The number of ether oxygens (including phenoxy) is 1. The fourth-order valence-corrected chi connectivity index (χ4v) is 5.26. The van der Waals surface area contributed by atoms with Gasteiger partial charge in [0.2, 0.25) is 0 Å². The highest BCUT2D eigenvalue weighted by Crippen LogP contribution is 2.48. The zero-order valence-electron chi connectivity index (χ0n) is 17.3. The van der Waals surface area contributed by atoms with Crippen LogP contribution in [0.2, 0.25) is 0 Å². The second-order valence-electron chi connectivity index (χ2n) is 8.60. The molecule has 5 unspecified atom stereocenters. The highest BCUT2D eigenvalue weighted by Gasteiger charge is 2.56. The van der Waals surface area contributed by atoms with Crippen molar-refractivity contribution < 1.29 is 14.9 Å². The molecule has 0 amide bonds. The number of nitrogens with zero attached hydrogens (tertiary/aromatic N) is 4. The SMILES string of the molecule is Nc1nc2cc(C3C=CC4(C3)OC(n3ccc5c(N)ncnc53)C(O)C4O)ccc2cc1Br. The fourth-order valence-electron chi connectivity index (χ4n) is 4.92. The quantitative estimate of drug-likeness (QED) is 0.302. The van der Waals surface area contributed by atoms with Crippen LogP contribution in [0.1, 0.15) is 24.1 Å². The molecule has 6 rings (SSSR count). The minimum absolute atomic E-state index is 0.0129. The molecule has 0 saturated carbocycles. The Morgan fingerprint density at radius 1 is 1.12 bits per heavy atom. The molecular weight excluding hydrogens is 488 g/mol. The Hall–Kier alpha value is -3.05. The molecule has 33 heavy (non-hydrogen) atoms. The van der Waals surface area contributed by atoms with E-state index in [2.05, 4.69) is 30.9 Å². The molecule has 6 N–H and O–H groups in total. The summed E-state index contributed by atoms with van der Waals surface area (Å²) >= 11 is 3.41. The van der Waals surface area contributed by atoms with Gasteiger partial charge < -0.3 is 31.0 Å². The van der Waals surface area contributed by atoms with Gasteiger partial charge in [-0.2, -0.15) is 0 Å². The first-order chi connectivity index (χ1) is 15.9. The number of allylic oxidation sites excluding steroid dienone is 1. The number of aliphatic hydroxyl groups excluding tert-OH is 2. The van der Waals surface area contributed by atoms with Crippen molar-refractivity contribution >= 4 is 49.5 Å². The molecule has 168 valence electrons. The first kappa shape index (κ1) is 20.5. The number of hydrogen-bond acceptors (Lipinski definition) is 8. The molecule has 1 fully saturated rings. The Morgan fingerprint density at radius 2 is 1.97 bits per heavy atom. The van der Waals surface area contributed by atoms with Crippen molar-refractivity contribution in [1.29, 1.82) is 0 Å². The minimum Gasteiger partial charge on any atom is -0.387 e. The summed E-state index contributed by atoms with van der Waals surface area (Å²) in [6.45, 7) is 0. The molecule has 4 aromatic rings. The summed E-state index contributed by atoms with van der Waals surface area (Å²) < 4.78 is 8.79. The number of aliphatic hydroxyl groups is 2. The zero-order chi connectivity index (χ0) is 22.9. The Labute approximate surface area is 196 Å². The molecule has 1 saturated heterocycles. The van der Waals surface area contributed by atoms with E-state index in [9.17, 15) is 10.2 Å². The third-order valence-corrected chi connectivity index (χ3v) is 7.31. The lowest BCUT2D eigenvalue weighted by molar-refractivity contribution is -0.0741. The van der Waals surface area contributed by atoms with Crippen molar-refractivity contribution in [3.63, 3.8) is 0 Å². The largest absolute Gasteiger partial charge is 0.387 e. The van der Waals surface area contributed by atoms with Crippen molar-refractivity contribution in [2.45, 2.75) is 36.4 Å². The van der Waals surface area contributed by atoms with Gasteiger partial charge in [-0.3, -0.25) is 0 Å². The average Bonchev–Trinajstić information content (AvgIpc) is 3.48. The van der Waals surface area contributed by atoms with E-state index in [1.807, 2.05) is 36.4 Å². The Morgan fingerprint density at radius 3 is 2.82 bits per heavy atom. The number of pyridine rings is 1. The number of fused-ring (bicyclic) bond motifs is 2. The third-order valence-electron chi connectivity index (χ3n) is 6.67. The molecule has 0 radical (unpaired) electrons. The highest BCUT2D eigenvalue weighted by molar-refractivity contribution is 9.10. The van der Waals surface area contributed by atoms with E-state index in [1.54, 1.807) is 16.8 Å². The molecule has 2 aliphatic rings. The molecular formula is C23H21BrN6O3. The maximum absolute atomic E-state index is 11.0. The predicted octanol–water partition coefficient (Wildman–Crippen LogP) is 2.64. The number of nitrogen functional groups attached to an aromatic ring is 2. The van der Waals surface area contributed by atoms with E-state index < -0.39 is 24.0 Å². The molecule has 1 spiro atoms. The van der Waals surface area contributed by atoms with Crippen LogP contribution in [0.15, 0.2) is 59.5 Å². The molecule has 1 aromatic carbocycles. The highest BCUT2D eigenvalue weighted by atomic mass is 79.9. The van der Waals surface area contributed by atoms with Crippen molar-refractivity contribution in [3.8, 4) is 0 Å². The number of aromatic nitrogens is 4. The number of halogens is 1. The fraction of sp³-hybridized carbons (Fsp3) is 0.261. The second-order valence-corrected chi connectivity index (χ2v) is 9.45. The summed E-state index contributed by atoms with van der Waals surface area (Å²) in [5.41, 5.74) is 13.2. The molecule has 10 heteroatoms. The van der Waals surface area contributed by atoms with Crippen LogP contribution >= 0.6 is 15.9 Å². The summed E-state index contributed by atoms with van der Waals surface area (Å²) in [7, 11) is 0. The average molecular weight is 509 g/mol. The van der Waals surface area contributed by atoms with Crippen LogP contribution in [0.5, 0.6) is 0 Å². The lowest BCUT2D eigenvalue weighted by atomic mass is 9.88. The van der Waals surface area contributed by atoms with Gasteiger partial charge in [-0.15, -0.1) is 0 Å². The van der Waals surface area contributed by atoms with Crippen LogP contribution in [0.3, 0.4) is 0 Å². The molecule has 3 aromatic heterocycles. The molecule has 5 atom stereocenters. The van der Waals surface area contributed by atoms with Crippen LogP contribution in [0, 0.1) is 0 Å². The summed E-state index contributed by atoms with van der Waals surface area (Å²) in [5, 5.41) is 23.6. The van der Waals surface area contributed by atoms with E-state index in [4.69, 9.17) is 16.2 Å². The minimum atomic E-state index is -1.14. The lowest BCUT2D eigenvalue weighted by Crippen LogP contribution is -2.40. The van der Waals surface area contributed by atoms with E-state index in [1.165, 1.54) is 6.33 Å². The van der Waals surface area contributed by atoms with Gasteiger partial charge in [0.15, 0.2) is 6.23 Å². The normalized spacial score (nSPS) is 29.1. The molecule has 9 nitrogen and oxygen atoms in total. The third kappa shape index (κ3) is 3.06. The zero-order valence-corrected chi connectivity index (χ0v) is 18.9. The number of benzene rings is 1. The van der Waals surface area contributed by atoms with Crippen LogP contribution in [0.25, 0.3) is 21.9 Å². The van der Waals surface area contributed by atoms with Gasteiger partial charge in [0, 0.05) is 17.5 Å². The monoisotopic (exact) mass is 508 g/mol. The summed E-state index contributed by atoms with van der Waals surface area (Å²) in [6.07, 6.45) is 4.39. The van der Waals surface area contributed by atoms with Gasteiger partial charge in [-0.1, -0.05) is 24.3 Å². The van der Waals surface area contributed by atoms with Crippen molar-refractivity contribution in [2.24, 2.45) is 0 Å². The van der Waals surface area contributed by atoms with Gasteiger partial charge in [0.1, 0.15) is 41.4 Å². The summed E-state index contributed by atoms with van der Waals surface area (Å²) in [6, 6.07) is 9.75. The maximum Gasteiger partial charge on any atom is 0.165 e. The maximum atomic E-state index is 11.0. The van der Waals surface area contributed by atoms with Gasteiger partial charge in [0.05, 0.1) is 15.4 Å². The first-order valence-electron chi connectivity index (χ1n) is 10.5. The van der Waals surface area contributed by atoms with Crippen LogP contribution in [-0.4, -0.2) is 47.5 Å². The number of anilines is 2. The Bertz CT molecular complexity index is 1440. The first-order valence-corrected chi connectivity index (χ1v) is 11.3. The van der Waals surface area contributed by atoms with Gasteiger partial charge in [-0.25, -0.2) is 15.0 Å². The van der Waals surface area contributed by atoms with E-state index in [0.717, 1.165) is 20.9 Å². The molecule has 1 aliphatic carbocycles. The van der Waals surface area contributed by atoms with E-state index in [0.29, 0.717) is 29.1 Å². The Kier molecular flexibility index (Phi) is 4.50. The van der Waals surface area contributed by atoms with Gasteiger partial charge in [-0.05, 0) is 46.1 Å². The molecule has 0 bridgehead atoms. The predicted molar refractivity (Wildman–Crippen MR) is 127 cm³/mol. The summed E-state index contributed by atoms with van der Waals surface area (Å²) in [4.78, 5) is 12.8. The van der Waals surface area contributed by atoms with Gasteiger partial charge in [0.25, 0.3) is 0 Å². The van der Waals surface area contributed by atoms with Crippen molar-refractivity contribution in [1.82, 2.24) is 19.5 Å². The van der Waals surface area contributed by atoms with E-state index >= 15 is 0 Å². The van der Waals surface area contributed by atoms with Crippen LogP contribution in [0.4, 0.5) is 11.6 Å². The van der Waals surface area contributed by atoms with Crippen LogP contribution < -0.4 is 11.5 Å². The second kappa shape index (κ2) is 7.22. The Balaban J connectivity index is 1.31. The van der Waals surface area contributed by atoms with E-state index in [-0.39, 0.29) is 5.92 Å². The van der Waals surface area contributed by atoms with Crippen molar-refractivity contribution in [2.75, 3.05) is 11.5 Å². The van der Waals surface area contributed by atoms with Crippen LogP contribution in [-0.2, 0) is 4.74 Å². The van der Waals surface area contributed by atoms with Gasteiger partial charge >= 0.3 is 0 Å². The molecule has 1 aliphatic heterocycles. The topological polar surface area (TPSA) is 145 Å².